The van der Waals surface area contributed by atoms with Crippen LogP contribution in [0.4, 0.5) is 0 Å². The van der Waals surface area contributed by atoms with Gasteiger partial charge in [0.15, 0.2) is 0 Å². The molecule has 17 heavy (non-hydrogen) atoms. The van der Waals surface area contributed by atoms with Crippen LogP contribution < -0.4 is 0 Å². The molecule has 1 aromatic rings. The Morgan fingerprint density at radius 2 is 1.53 bits per heavy atom. The largest absolute Gasteiger partial charge is 0.334 e. The monoisotopic (exact) mass is 256 g/mol. The van der Waals surface area contributed by atoms with E-state index < -0.39 is 7.60 Å². The summed E-state index contributed by atoms with van der Waals surface area (Å²) in [6.45, 7) is 6.49. The maximum Gasteiger partial charge on any atom is 0.334 e. The fraction of sp³-hybridized carbons (Fsp3) is 0.538. The summed E-state index contributed by atoms with van der Waals surface area (Å²) in [5.41, 5.74) is 2.35. The van der Waals surface area contributed by atoms with E-state index in [0.29, 0.717) is 6.16 Å². The number of hydrogen-bond donors (Lipinski definition) is 0. The lowest BCUT2D eigenvalue weighted by Gasteiger charge is -2.19. The van der Waals surface area contributed by atoms with E-state index in [-0.39, 0.29) is 5.41 Å². The molecule has 0 amide bonds. The molecule has 0 aliphatic rings. The van der Waals surface area contributed by atoms with Crippen molar-refractivity contribution in [1.82, 2.24) is 0 Å². The summed E-state index contributed by atoms with van der Waals surface area (Å²) in [6.07, 6.45) is 0.310. The fourth-order valence-corrected chi connectivity index (χ4v) is 2.60. The van der Waals surface area contributed by atoms with Crippen LogP contribution in [-0.2, 0) is 25.2 Å². The van der Waals surface area contributed by atoms with Gasteiger partial charge in [-0.15, -0.1) is 0 Å². The zero-order chi connectivity index (χ0) is 13.1. The Morgan fingerprint density at radius 1 is 1.06 bits per heavy atom. The third kappa shape index (κ3) is 3.95. The van der Waals surface area contributed by atoms with Crippen LogP contribution in [0.2, 0.25) is 0 Å². The molecule has 0 aliphatic heterocycles. The van der Waals surface area contributed by atoms with Gasteiger partial charge in [0.25, 0.3) is 0 Å². The van der Waals surface area contributed by atoms with Crippen molar-refractivity contribution in [2.45, 2.75) is 32.3 Å². The lowest BCUT2D eigenvalue weighted by atomic mass is 9.87. The zero-order valence-corrected chi connectivity index (χ0v) is 12.1. The molecule has 0 aliphatic carbocycles. The molecule has 0 saturated heterocycles. The lowest BCUT2D eigenvalue weighted by Crippen LogP contribution is -2.10. The Labute approximate surface area is 104 Å². The van der Waals surface area contributed by atoms with Crippen LogP contribution in [0.1, 0.15) is 31.9 Å². The first-order valence-corrected chi connectivity index (χ1v) is 7.33. The van der Waals surface area contributed by atoms with Crippen molar-refractivity contribution in [3.8, 4) is 0 Å². The molecule has 0 aromatic heterocycles. The topological polar surface area (TPSA) is 35.5 Å². The molecule has 0 N–H and O–H groups in total. The van der Waals surface area contributed by atoms with E-state index in [1.165, 1.54) is 19.8 Å². The minimum Gasteiger partial charge on any atom is -0.312 e. The van der Waals surface area contributed by atoms with E-state index in [1.807, 2.05) is 12.1 Å². The summed E-state index contributed by atoms with van der Waals surface area (Å²) in [4.78, 5) is 0. The molecule has 1 aromatic carbocycles. The second-order valence-corrected chi connectivity index (χ2v) is 7.35. The van der Waals surface area contributed by atoms with Crippen LogP contribution in [0, 0.1) is 0 Å². The average molecular weight is 256 g/mol. The Bertz CT molecular complexity index is 396. The predicted octanol–water partition coefficient (Wildman–Crippen LogP) is 3.97. The van der Waals surface area contributed by atoms with Gasteiger partial charge in [-0.05, 0) is 16.5 Å². The Morgan fingerprint density at radius 3 is 1.88 bits per heavy atom. The van der Waals surface area contributed by atoms with Gasteiger partial charge in [0, 0.05) is 14.2 Å². The molecule has 96 valence electrons. The molecule has 0 fully saturated rings. The maximum atomic E-state index is 12.0. The van der Waals surface area contributed by atoms with E-state index in [4.69, 9.17) is 9.05 Å². The first-order valence-electron chi connectivity index (χ1n) is 5.61. The Kier molecular flexibility index (Phi) is 4.54. The number of hydrogen-bond acceptors (Lipinski definition) is 3. The Hall–Kier alpha value is -0.630. The van der Waals surface area contributed by atoms with Gasteiger partial charge in [-0.25, -0.2) is 0 Å². The van der Waals surface area contributed by atoms with Gasteiger partial charge in [-0.3, -0.25) is 4.57 Å². The van der Waals surface area contributed by atoms with Gasteiger partial charge in [-0.2, -0.15) is 0 Å². The highest BCUT2D eigenvalue weighted by atomic mass is 31.2. The summed E-state index contributed by atoms with van der Waals surface area (Å²) >= 11 is 0. The van der Waals surface area contributed by atoms with Crippen molar-refractivity contribution >= 4 is 7.60 Å². The van der Waals surface area contributed by atoms with Crippen molar-refractivity contribution in [3.05, 3.63) is 35.4 Å². The van der Waals surface area contributed by atoms with Crippen LogP contribution in [0.15, 0.2) is 24.3 Å². The first kappa shape index (κ1) is 14.4. The third-order valence-electron chi connectivity index (χ3n) is 2.75. The summed E-state index contributed by atoms with van der Waals surface area (Å²) < 4.78 is 21.8. The van der Waals surface area contributed by atoms with Crippen molar-refractivity contribution < 1.29 is 13.6 Å². The van der Waals surface area contributed by atoms with Crippen LogP contribution in [0.25, 0.3) is 0 Å². The first-order chi connectivity index (χ1) is 7.80. The molecule has 0 spiro atoms. The lowest BCUT2D eigenvalue weighted by molar-refractivity contribution is 0.275. The molecule has 3 nitrogen and oxygen atoms in total. The van der Waals surface area contributed by atoms with Crippen LogP contribution in [-0.4, -0.2) is 14.2 Å². The molecule has 0 saturated carbocycles. The van der Waals surface area contributed by atoms with Crippen LogP contribution in [0.3, 0.4) is 0 Å². The van der Waals surface area contributed by atoms with Gasteiger partial charge < -0.3 is 9.05 Å². The average Bonchev–Trinajstić information content (AvgIpc) is 2.28. The standard InChI is InChI=1S/C13H21O3P/c1-13(2,3)12-8-6-11(7-9-12)10-17(14,15-4)16-5/h6-9H,10H2,1-5H3. The maximum absolute atomic E-state index is 12.0. The van der Waals surface area contributed by atoms with Crippen LogP contribution in [0.5, 0.6) is 0 Å². The van der Waals surface area contributed by atoms with Crippen molar-refractivity contribution in [3.63, 3.8) is 0 Å². The van der Waals surface area contributed by atoms with E-state index in [9.17, 15) is 4.57 Å². The highest BCUT2D eigenvalue weighted by molar-refractivity contribution is 7.52. The molecule has 0 heterocycles. The molecule has 0 atom stereocenters. The van der Waals surface area contributed by atoms with E-state index in [0.717, 1.165) is 5.56 Å². The number of rotatable bonds is 4. The van der Waals surface area contributed by atoms with Gasteiger partial charge in [0.05, 0.1) is 6.16 Å². The second kappa shape index (κ2) is 5.34. The molecular weight excluding hydrogens is 235 g/mol. The second-order valence-electron chi connectivity index (χ2n) is 5.08. The van der Waals surface area contributed by atoms with Gasteiger partial charge >= 0.3 is 7.60 Å². The Balaban J connectivity index is 2.86. The molecule has 4 heteroatoms. The van der Waals surface area contributed by atoms with Gasteiger partial charge in [0.2, 0.25) is 0 Å². The quantitative estimate of drug-likeness (QED) is 0.765. The smallest absolute Gasteiger partial charge is 0.312 e. The normalized spacial score (nSPS) is 12.8. The minimum atomic E-state index is -2.96. The highest BCUT2D eigenvalue weighted by Gasteiger charge is 2.22. The highest BCUT2D eigenvalue weighted by Crippen LogP contribution is 2.49. The van der Waals surface area contributed by atoms with E-state index >= 15 is 0 Å². The van der Waals surface area contributed by atoms with Crippen molar-refractivity contribution in [2.75, 3.05) is 14.2 Å². The summed E-state index contributed by atoms with van der Waals surface area (Å²) in [7, 11) is -0.138. The van der Waals surface area contributed by atoms with Gasteiger partial charge in [-0.1, -0.05) is 45.0 Å². The molecule has 0 bridgehead atoms. The number of benzene rings is 1. The van der Waals surface area contributed by atoms with E-state index in [2.05, 4.69) is 32.9 Å². The van der Waals surface area contributed by atoms with Gasteiger partial charge in [0.1, 0.15) is 0 Å². The van der Waals surface area contributed by atoms with E-state index in [1.54, 1.807) is 0 Å². The summed E-state index contributed by atoms with van der Waals surface area (Å²) in [6, 6.07) is 8.08. The SMILES string of the molecule is COP(=O)(Cc1ccc(C(C)(C)C)cc1)OC. The minimum absolute atomic E-state index is 0.130. The van der Waals surface area contributed by atoms with Crippen molar-refractivity contribution in [1.29, 1.82) is 0 Å². The molecule has 1 rings (SSSR count). The summed E-state index contributed by atoms with van der Waals surface area (Å²) in [5.74, 6) is 0. The summed E-state index contributed by atoms with van der Waals surface area (Å²) in [5, 5.41) is 0. The zero-order valence-electron chi connectivity index (χ0n) is 11.2. The fourth-order valence-electron chi connectivity index (χ4n) is 1.54. The molecule has 0 radical (unpaired) electrons. The third-order valence-corrected chi connectivity index (χ3v) is 4.62. The van der Waals surface area contributed by atoms with Crippen molar-refractivity contribution in [2.24, 2.45) is 0 Å². The predicted molar refractivity (Wildman–Crippen MR) is 70.5 cm³/mol. The van der Waals surface area contributed by atoms with Crippen LogP contribution >= 0.6 is 7.60 Å². The molecule has 0 unspecified atom stereocenters. The molecular formula is C13H21O3P.